The summed E-state index contributed by atoms with van der Waals surface area (Å²) in [5.74, 6) is -0.708. The molecule has 194 valence electrons. The molecule has 5 rings (SSSR count). The minimum atomic E-state index is -1.36. The van der Waals surface area contributed by atoms with Gasteiger partial charge in [0.1, 0.15) is 18.2 Å². The van der Waals surface area contributed by atoms with E-state index in [1.165, 1.54) is 26.4 Å². The van der Waals surface area contributed by atoms with Crippen molar-refractivity contribution in [3.8, 4) is 22.6 Å². The van der Waals surface area contributed by atoms with Crippen molar-refractivity contribution in [1.82, 2.24) is 5.32 Å². The Morgan fingerprint density at radius 3 is 2.16 bits per heavy atom. The van der Waals surface area contributed by atoms with E-state index < -0.39 is 23.7 Å². The number of carbonyl (C=O) groups is 2. The molecule has 0 unspecified atom stereocenters. The van der Waals surface area contributed by atoms with Crippen molar-refractivity contribution in [3.05, 3.63) is 93.8 Å². The van der Waals surface area contributed by atoms with Crippen LogP contribution in [0.15, 0.2) is 75.9 Å². The molecular weight excluding hydrogens is 490 g/mol. The normalized spacial score (nSPS) is 12.9. The van der Waals surface area contributed by atoms with Crippen LogP contribution in [0, 0.1) is 0 Å². The zero-order chi connectivity index (χ0) is 26.8. The molecule has 3 aromatic carbocycles. The summed E-state index contributed by atoms with van der Waals surface area (Å²) >= 11 is 0. The Morgan fingerprint density at radius 2 is 1.55 bits per heavy atom. The Hall–Kier alpha value is -4.79. The summed E-state index contributed by atoms with van der Waals surface area (Å²) in [5.41, 5.74) is 4.17. The van der Waals surface area contributed by atoms with E-state index in [0.717, 1.165) is 22.3 Å². The van der Waals surface area contributed by atoms with Gasteiger partial charge in [-0.15, -0.1) is 0 Å². The third-order valence-corrected chi connectivity index (χ3v) is 6.69. The van der Waals surface area contributed by atoms with Crippen LogP contribution < -0.4 is 20.4 Å². The fourth-order valence-electron chi connectivity index (χ4n) is 4.92. The van der Waals surface area contributed by atoms with Gasteiger partial charge >= 0.3 is 17.7 Å². The van der Waals surface area contributed by atoms with Gasteiger partial charge in [-0.3, -0.25) is 0 Å². The number of rotatable bonds is 8. The zero-order valence-corrected chi connectivity index (χ0v) is 20.7. The lowest BCUT2D eigenvalue weighted by molar-refractivity contribution is -0.139. The summed E-state index contributed by atoms with van der Waals surface area (Å²) < 4.78 is 21.4. The number of hydrogen-bond donors (Lipinski definition) is 2. The molecule has 2 N–H and O–H groups in total. The van der Waals surface area contributed by atoms with Crippen LogP contribution in [0.3, 0.4) is 0 Å². The molecule has 0 aliphatic heterocycles. The van der Waals surface area contributed by atoms with Gasteiger partial charge in [0.2, 0.25) is 0 Å². The van der Waals surface area contributed by atoms with Crippen LogP contribution in [0.2, 0.25) is 0 Å². The van der Waals surface area contributed by atoms with Crippen LogP contribution in [-0.2, 0) is 16.0 Å². The quantitative estimate of drug-likeness (QED) is 0.332. The highest BCUT2D eigenvalue weighted by Crippen LogP contribution is 2.44. The van der Waals surface area contributed by atoms with Crippen molar-refractivity contribution < 1.29 is 33.3 Å². The van der Waals surface area contributed by atoms with Crippen LogP contribution in [0.4, 0.5) is 4.79 Å². The monoisotopic (exact) mass is 515 g/mol. The maximum atomic E-state index is 12.7. The van der Waals surface area contributed by atoms with Gasteiger partial charge in [0.15, 0.2) is 11.5 Å². The zero-order valence-electron chi connectivity index (χ0n) is 20.7. The molecule has 4 aromatic rings. The molecule has 9 heteroatoms. The summed E-state index contributed by atoms with van der Waals surface area (Å²) in [5, 5.41) is 12.7. The minimum absolute atomic E-state index is 0.0427. The molecule has 1 aliphatic carbocycles. The van der Waals surface area contributed by atoms with Gasteiger partial charge in [0, 0.05) is 29.9 Å². The average molecular weight is 516 g/mol. The Kier molecular flexibility index (Phi) is 6.74. The second-order valence-electron chi connectivity index (χ2n) is 8.86. The van der Waals surface area contributed by atoms with Crippen LogP contribution >= 0.6 is 0 Å². The number of ether oxygens (including phenoxy) is 3. The SMILES string of the molecule is COc1cc2oc(=O)cc(C[C@H](NC(=O)OCC3c4ccccc4-c4ccccc43)C(=O)O)c2cc1OC. The third-order valence-electron chi connectivity index (χ3n) is 6.69. The molecule has 1 aromatic heterocycles. The summed E-state index contributed by atoms with van der Waals surface area (Å²) in [6.07, 6.45) is -1.05. The first-order valence-electron chi connectivity index (χ1n) is 11.9. The third kappa shape index (κ3) is 4.66. The van der Waals surface area contributed by atoms with Gasteiger partial charge in [-0.1, -0.05) is 48.5 Å². The number of carboxylic acids is 1. The van der Waals surface area contributed by atoms with Crippen LogP contribution in [0.25, 0.3) is 22.1 Å². The Balaban J connectivity index is 1.34. The number of hydrogen-bond acceptors (Lipinski definition) is 7. The van der Waals surface area contributed by atoms with Gasteiger partial charge in [0.25, 0.3) is 0 Å². The smallest absolute Gasteiger partial charge is 0.407 e. The molecule has 0 saturated carbocycles. The molecule has 1 heterocycles. The molecule has 0 bridgehead atoms. The van der Waals surface area contributed by atoms with E-state index in [2.05, 4.69) is 5.32 Å². The molecule has 0 fully saturated rings. The standard InChI is InChI=1S/C29H25NO8/c1-35-25-13-21-16(12-27(31)38-24(21)14-26(25)36-2)11-23(28(32)33)30-29(34)37-15-22-19-9-5-3-7-17(19)18-8-4-6-10-20(18)22/h3-10,12-14,22-23H,11,15H2,1-2H3,(H,30,34)(H,32,33)/t23-/m0/s1. The Morgan fingerprint density at radius 1 is 0.947 bits per heavy atom. The van der Waals surface area contributed by atoms with E-state index in [9.17, 15) is 19.5 Å². The van der Waals surface area contributed by atoms with Gasteiger partial charge < -0.3 is 29.1 Å². The second-order valence-corrected chi connectivity index (χ2v) is 8.86. The number of carboxylic acid groups (broad SMARTS) is 1. The molecule has 0 radical (unpaired) electrons. The molecule has 1 amide bonds. The predicted molar refractivity (Wildman–Crippen MR) is 139 cm³/mol. The highest BCUT2D eigenvalue weighted by atomic mass is 16.5. The lowest BCUT2D eigenvalue weighted by Gasteiger charge is -2.18. The first-order valence-corrected chi connectivity index (χ1v) is 11.9. The maximum Gasteiger partial charge on any atom is 0.407 e. The van der Waals surface area contributed by atoms with Crippen molar-refractivity contribution >= 4 is 23.0 Å². The number of methoxy groups -OCH3 is 2. The minimum Gasteiger partial charge on any atom is -0.493 e. The highest BCUT2D eigenvalue weighted by molar-refractivity contribution is 5.86. The molecule has 1 aliphatic rings. The van der Waals surface area contributed by atoms with Crippen LogP contribution in [0.1, 0.15) is 22.6 Å². The predicted octanol–water partition coefficient (Wildman–Crippen LogP) is 4.34. The van der Waals surface area contributed by atoms with Crippen molar-refractivity contribution in [1.29, 1.82) is 0 Å². The van der Waals surface area contributed by atoms with Gasteiger partial charge in [0.05, 0.1) is 14.2 Å². The number of carbonyl (C=O) groups excluding carboxylic acids is 1. The molecule has 9 nitrogen and oxygen atoms in total. The van der Waals surface area contributed by atoms with E-state index >= 15 is 0 Å². The first-order chi connectivity index (χ1) is 18.4. The number of amides is 1. The summed E-state index contributed by atoms with van der Waals surface area (Å²) in [7, 11) is 2.91. The van der Waals surface area contributed by atoms with E-state index in [4.69, 9.17) is 18.6 Å². The molecule has 1 atom stereocenters. The maximum absolute atomic E-state index is 12.7. The van der Waals surface area contributed by atoms with Crippen molar-refractivity contribution in [3.63, 3.8) is 0 Å². The number of alkyl carbamates (subject to hydrolysis) is 1. The summed E-state index contributed by atoms with van der Waals surface area (Å²) in [4.78, 5) is 37.0. The number of fused-ring (bicyclic) bond motifs is 4. The number of benzene rings is 3. The molecule has 0 spiro atoms. The van der Waals surface area contributed by atoms with E-state index in [-0.39, 0.29) is 24.5 Å². The molecule has 38 heavy (non-hydrogen) atoms. The van der Waals surface area contributed by atoms with E-state index in [1.54, 1.807) is 6.07 Å². The van der Waals surface area contributed by atoms with E-state index in [0.29, 0.717) is 22.4 Å². The fraction of sp³-hybridized carbons (Fsp3) is 0.207. The number of aliphatic carboxylic acids is 1. The summed E-state index contributed by atoms with van der Waals surface area (Å²) in [6, 6.07) is 18.8. The first kappa shape index (κ1) is 24.9. The number of nitrogens with one attached hydrogen (secondary N) is 1. The molecular formula is C29H25NO8. The second kappa shape index (κ2) is 10.3. The highest BCUT2D eigenvalue weighted by Gasteiger charge is 2.30. The fourth-order valence-corrected chi connectivity index (χ4v) is 4.92. The Labute approximate surface area is 217 Å². The largest absolute Gasteiger partial charge is 0.493 e. The molecule has 0 saturated heterocycles. The van der Waals surface area contributed by atoms with Gasteiger partial charge in [-0.25, -0.2) is 14.4 Å². The van der Waals surface area contributed by atoms with Gasteiger partial charge in [-0.2, -0.15) is 0 Å². The van der Waals surface area contributed by atoms with E-state index in [1.807, 2.05) is 48.5 Å². The topological polar surface area (TPSA) is 124 Å². The average Bonchev–Trinajstić information content (AvgIpc) is 3.24. The van der Waals surface area contributed by atoms with Gasteiger partial charge in [-0.05, 0) is 33.9 Å². The lowest BCUT2D eigenvalue weighted by atomic mass is 9.98. The van der Waals surface area contributed by atoms with Crippen LogP contribution in [-0.4, -0.2) is 44.0 Å². The van der Waals surface area contributed by atoms with Crippen molar-refractivity contribution in [2.45, 2.75) is 18.4 Å². The van der Waals surface area contributed by atoms with Crippen LogP contribution in [0.5, 0.6) is 11.5 Å². The Bertz CT molecular complexity index is 1550. The summed E-state index contributed by atoms with van der Waals surface area (Å²) in [6.45, 7) is 0.0427. The van der Waals surface area contributed by atoms with Crippen molar-refractivity contribution in [2.75, 3.05) is 20.8 Å². The lowest BCUT2D eigenvalue weighted by Crippen LogP contribution is -2.43. The van der Waals surface area contributed by atoms with Crippen molar-refractivity contribution in [2.24, 2.45) is 0 Å².